The van der Waals surface area contributed by atoms with Crippen LogP contribution in [0.4, 0.5) is 15.8 Å². The number of hydrogen-bond acceptors (Lipinski definition) is 6. The van der Waals surface area contributed by atoms with Crippen LogP contribution in [-0.2, 0) is 11.3 Å². The summed E-state index contributed by atoms with van der Waals surface area (Å²) in [6.07, 6.45) is 0. The summed E-state index contributed by atoms with van der Waals surface area (Å²) < 4.78 is 18.2. The highest BCUT2D eigenvalue weighted by Gasteiger charge is 2.28. The molecule has 3 rings (SSSR count). The number of carbonyl (C=O) groups excluding carboxylic acids is 3. The van der Waals surface area contributed by atoms with E-state index in [1.807, 2.05) is 30.3 Å². The Hall–Kier alpha value is -3.79. The number of nitrogens with one attached hydrogen (secondary N) is 1. The summed E-state index contributed by atoms with van der Waals surface area (Å²) in [4.78, 5) is 37.8. The van der Waals surface area contributed by atoms with E-state index < -0.39 is 30.1 Å². The van der Waals surface area contributed by atoms with Crippen molar-refractivity contribution >= 4 is 40.6 Å². The third kappa shape index (κ3) is 4.61. The second kappa shape index (κ2) is 9.14. The fraction of sp³-hybridized carbons (Fsp3) is 0.100. The van der Waals surface area contributed by atoms with Crippen molar-refractivity contribution < 1.29 is 18.8 Å². The molecular formula is C20H18FN5O3S. The molecule has 0 spiro atoms. The minimum atomic E-state index is -0.888. The zero-order valence-corrected chi connectivity index (χ0v) is 16.5. The zero-order chi connectivity index (χ0) is 21.7. The van der Waals surface area contributed by atoms with E-state index in [4.69, 9.17) is 11.5 Å². The minimum Gasteiger partial charge on any atom is -0.395 e. The van der Waals surface area contributed by atoms with Gasteiger partial charge in [-0.05, 0) is 29.2 Å². The van der Waals surface area contributed by atoms with E-state index in [9.17, 15) is 18.8 Å². The molecule has 8 nitrogen and oxygen atoms in total. The first-order chi connectivity index (χ1) is 14.4. The molecule has 5 N–H and O–H groups in total. The molecule has 0 fully saturated rings. The van der Waals surface area contributed by atoms with Gasteiger partial charge in [-0.3, -0.25) is 19.3 Å². The molecule has 30 heavy (non-hydrogen) atoms. The number of hydrogen-bond donors (Lipinski definition) is 3. The van der Waals surface area contributed by atoms with Gasteiger partial charge in [0.05, 0.1) is 11.4 Å². The molecule has 0 aliphatic carbocycles. The number of amides is 3. The van der Waals surface area contributed by atoms with E-state index in [1.54, 1.807) is 0 Å². The Labute approximate surface area is 175 Å². The van der Waals surface area contributed by atoms with Gasteiger partial charge in [-0.2, -0.15) is 4.37 Å². The number of nitrogen functional groups attached to an aromatic ring is 1. The topological polar surface area (TPSA) is 131 Å². The van der Waals surface area contributed by atoms with Crippen LogP contribution in [0.2, 0.25) is 0 Å². The number of para-hydroxylation sites is 1. The lowest BCUT2D eigenvalue weighted by atomic mass is 10.2. The minimum absolute atomic E-state index is 0.106. The Bertz CT molecular complexity index is 1090. The van der Waals surface area contributed by atoms with E-state index in [0.717, 1.165) is 10.5 Å². The fourth-order valence-electron chi connectivity index (χ4n) is 2.68. The molecule has 0 bridgehead atoms. The van der Waals surface area contributed by atoms with E-state index >= 15 is 0 Å². The average Bonchev–Trinajstić information content (AvgIpc) is 3.13. The largest absolute Gasteiger partial charge is 0.395 e. The SMILES string of the molecule is NC(=O)c1nsc(C(=O)N(CC(=O)NCc2ccccc2)c2ccccc2F)c1N. The Kier molecular flexibility index (Phi) is 6.38. The molecule has 0 aliphatic rings. The first kappa shape index (κ1) is 20.9. The van der Waals surface area contributed by atoms with Crippen molar-refractivity contribution in [1.29, 1.82) is 0 Å². The average molecular weight is 427 g/mol. The smallest absolute Gasteiger partial charge is 0.272 e. The third-order valence-corrected chi connectivity index (χ3v) is 5.03. The van der Waals surface area contributed by atoms with Gasteiger partial charge in [0.2, 0.25) is 5.91 Å². The maximum Gasteiger partial charge on any atom is 0.272 e. The maximum absolute atomic E-state index is 14.4. The van der Waals surface area contributed by atoms with Crippen molar-refractivity contribution in [2.24, 2.45) is 5.73 Å². The van der Waals surface area contributed by atoms with Crippen molar-refractivity contribution in [2.45, 2.75) is 6.54 Å². The zero-order valence-electron chi connectivity index (χ0n) is 15.7. The maximum atomic E-state index is 14.4. The van der Waals surface area contributed by atoms with Gasteiger partial charge in [0, 0.05) is 6.54 Å². The van der Waals surface area contributed by atoms with E-state index in [1.165, 1.54) is 24.3 Å². The molecular weight excluding hydrogens is 409 g/mol. The lowest BCUT2D eigenvalue weighted by molar-refractivity contribution is -0.119. The molecule has 1 aromatic heterocycles. The summed E-state index contributed by atoms with van der Waals surface area (Å²) in [6, 6.07) is 14.7. The number of anilines is 2. The first-order valence-corrected chi connectivity index (χ1v) is 9.57. The molecule has 3 amide bonds. The van der Waals surface area contributed by atoms with E-state index in [0.29, 0.717) is 11.5 Å². The summed E-state index contributed by atoms with van der Waals surface area (Å²) in [5.41, 5.74) is 11.3. The Morgan fingerprint density at radius 2 is 1.73 bits per heavy atom. The molecule has 0 saturated carbocycles. The first-order valence-electron chi connectivity index (χ1n) is 8.80. The molecule has 0 radical (unpaired) electrons. The highest BCUT2D eigenvalue weighted by Crippen LogP contribution is 2.27. The Balaban J connectivity index is 1.86. The predicted molar refractivity (Wildman–Crippen MR) is 111 cm³/mol. The molecule has 154 valence electrons. The van der Waals surface area contributed by atoms with Gasteiger partial charge in [0.25, 0.3) is 11.8 Å². The third-order valence-electron chi connectivity index (χ3n) is 4.18. The number of rotatable bonds is 7. The van der Waals surface area contributed by atoms with Crippen molar-refractivity contribution in [3.63, 3.8) is 0 Å². The number of nitrogens with two attached hydrogens (primary N) is 2. The number of carbonyl (C=O) groups is 3. The number of halogens is 1. The summed E-state index contributed by atoms with van der Waals surface area (Å²) in [5.74, 6) is -2.85. The monoisotopic (exact) mass is 427 g/mol. The lowest BCUT2D eigenvalue weighted by Crippen LogP contribution is -2.41. The van der Waals surface area contributed by atoms with Gasteiger partial charge in [-0.15, -0.1) is 0 Å². The molecule has 10 heteroatoms. The second-order valence-corrected chi connectivity index (χ2v) is 7.02. The molecule has 1 heterocycles. The summed E-state index contributed by atoms with van der Waals surface area (Å²) in [5, 5.41) is 2.69. The highest BCUT2D eigenvalue weighted by atomic mass is 32.1. The number of primary amides is 1. The molecule has 0 atom stereocenters. The van der Waals surface area contributed by atoms with Crippen LogP contribution < -0.4 is 21.7 Å². The van der Waals surface area contributed by atoms with Gasteiger partial charge in [-0.25, -0.2) is 4.39 Å². The van der Waals surface area contributed by atoms with Gasteiger partial charge in [0.1, 0.15) is 17.2 Å². The second-order valence-electron chi connectivity index (χ2n) is 6.24. The van der Waals surface area contributed by atoms with Crippen LogP contribution in [0.25, 0.3) is 0 Å². The standard InChI is InChI=1S/C20H18FN5O3S/c21-13-8-4-5-9-14(13)26(11-15(27)24-10-12-6-2-1-3-7-12)20(29)18-16(22)17(19(23)28)25-30-18/h1-9H,10-11,22H2,(H2,23,28)(H,24,27). The molecule has 2 aromatic carbocycles. The van der Waals surface area contributed by atoms with Crippen molar-refractivity contribution in [2.75, 3.05) is 17.2 Å². The van der Waals surface area contributed by atoms with Crippen LogP contribution in [-0.4, -0.2) is 28.6 Å². The normalized spacial score (nSPS) is 10.4. The van der Waals surface area contributed by atoms with Crippen LogP contribution in [0.15, 0.2) is 54.6 Å². The van der Waals surface area contributed by atoms with Crippen LogP contribution >= 0.6 is 11.5 Å². The molecule has 3 aromatic rings. The molecule has 0 unspecified atom stereocenters. The van der Waals surface area contributed by atoms with Gasteiger partial charge >= 0.3 is 0 Å². The van der Waals surface area contributed by atoms with E-state index in [2.05, 4.69) is 9.69 Å². The van der Waals surface area contributed by atoms with Crippen LogP contribution in [0.3, 0.4) is 0 Å². The van der Waals surface area contributed by atoms with Gasteiger partial charge < -0.3 is 16.8 Å². The number of aromatic nitrogens is 1. The predicted octanol–water partition coefficient (Wildman–Crippen LogP) is 1.93. The number of benzene rings is 2. The fourth-order valence-corrected chi connectivity index (χ4v) is 3.44. The molecule has 0 saturated heterocycles. The quantitative estimate of drug-likeness (QED) is 0.530. The Morgan fingerprint density at radius 1 is 1.07 bits per heavy atom. The van der Waals surface area contributed by atoms with Crippen LogP contribution in [0, 0.1) is 5.82 Å². The van der Waals surface area contributed by atoms with Crippen LogP contribution in [0.1, 0.15) is 25.7 Å². The summed E-state index contributed by atoms with van der Waals surface area (Å²) in [6.45, 7) is -0.219. The Morgan fingerprint density at radius 3 is 2.37 bits per heavy atom. The summed E-state index contributed by atoms with van der Waals surface area (Å²) in [7, 11) is 0. The lowest BCUT2D eigenvalue weighted by Gasteiger charge is -2.22. The van der Waals surface area contributed by atoms with Crippen molar-refractivity contribution in [3.8, 4) is 0 Å². The highest BCUT2D eigenvalue weighted by molar-refractivity contribution is 7.09. The van der Waals surface area contributed by atoms with Gasteiger partial charge in [0.15, 0.2) is 5.69 Å². The van der Waals surface area contributed by atoms with Crippen molar-refractivity contribution in [3.05, 3.63) is 76.5 Å². The summed E-state index contributed by atoms with van der Waals surface area (Å²) >= 11 is 0.658. The van der Waals surface area contributed by atoms with Crippen molar-refractivity contribution in [1.82, 2.24) is 9.69 Å². The number of nitrogens with zero attached hydrogens (tertiary/aromatic N) is 2. The van der Waals surface area contributed by atoms with E-state index in [-0.39, 0.29) is 28.5 Å². The molecule has 0 aliphatic heterocycles. The van der Waals surface area contributed by atoms with Gasteiger partial charge in [-0.1, -0.05) is 42.5 Å². The van der Waals surface area contributed by atoms with Crippen LogP contribution in [0.5, 0.6) is 0 Å².